The predicted octanol–water partition coefficient (Wildman–Crippen LogP) is 3.44. The molecule has 27 heavy (non-hydrogen) atoms. The number of aromatic nitrogens is 4. The van der Waals surface area contributed by atoms with Gasteiger partial charge < -0.3 is 4.90 Å². The molecule has 1 aromatic carbocycles. The van der Waals surface area contributed by atoms with E-state index in [0.29, 0.717) is 11.4 Å². The first-order valence-electron chi connectivity index (χ1n) is 8.87. The highest BCUT2D eigenvalue weighted by Crippen LogP contribution is 2.36. The fraction of sp³-hybridized carbons (Fsp3) is 0.316. The van der Waals surface area contributed by atoms with E-state index in [2.05, 4.69) is 15.0 Å². The maximum atomic E-state index is 11.1. The summed E-state index contributed by atoms with van der Waals surface area (Å²) < 4.78 is 1.81. The van der Waals surface area contributed by atoms with Crippen molar-refractivity contribution in [2.45, 2.75) is 25.8 Å². The number of rotatable bonds is 4. The normalized spacial score (nSPS) is 16.7. The Morgan fingerprint density at radius 2 is 2.11 bits per heavy atom. The van der Waals surface area contributed by atoms with E-state index >= 15 is 0 Å². The first-order valence-corrected chi connectivity index (χ1v) is 8.87. The van der Waals surface area contributed by atoms with Crippen molar-refractivity contribution in [2.75, 3.05) is 11.4 Å². The Kier molecular flexibility index (Phi) is 4.31. The maximum absolute atomic E-state index is 11.1. The van der Waals surface area contributed by atoms with Gasteiger partial charge in [0.05, 0.1) is 17.2 Å². The third-order valence-corrected chi connectivity index (χ3v) is 4.81. The molecule has 3 aromatic rings. The number of aryl methyl sites for hydroxylation is 2. The molecule has 0 spiro atoms. The molecule has 2 aromatic heterocycles. The molecule has 4 rings (SSSR count). The minimum absolute atomic E-state index is 0.0357. The van der Waals surface area contributed by atoms with Crippen LogP contribution in [0.5, 0.6) is 0 Å². The van der Waals surface area contributed by atoms with E-state index in [9.17, 15) is 10.1 Å². The van der Waals surface area contributed by atoms with Crippen molar-refractivity contribution in [1.29, 1.82) is 0 Å². The van der Waals surface area contributed by atoms with Crippen LogP contribution in [0.25, 0.3) is 11.4 Å². The van der Waals surface area contributed by atoms with Gasteiger partial charge in [-0.3, -0.25) is 14.8 Å². The highest BCUT2D eigenvalue weighted by molar-refractivity contribution is 5.61. The topological polar surface area (TPSA) is 90.0 Å². The summed E-state index contributed by atoms with van der Waals surface area (Å²) in [6.45, 7) is 2.82. The molecule has 0 radical (unpaired) electrons. The van der Waals surface area contributed by atoms with Gasteiger partial charge in [0, 0.05) is 54.8 Å². The van der Waals surface area contributed by atoms with Gasteiger partial charge in [0.25, 0.3) is 5.69 Å². The molecule has 138 valence electrons. The van der Waals surface area contributed by atoms with Crippen molar-refractivity contribution in [3.63, 3.8) is 0 Å². The van der Waals surface area contributed by atoms with Crippen molar-refractivity contribution < 1.29 is 4.92 Å². The lowest BCUT2D eigenvalue weighted by Gasteiger charge is -2.25. The third-order valence-electron chi connectivity index (χ3n) is 4.81. The average molecular weight is 364 g/mol. The van der Waals surface area contributed by atoms with Crippen molar-refractivity contribution in [1.82, 2.24) is 19.7 Å². The van der Waals surface area contributed by atoms with E-state index in [1.165, 1.54) is 17.7 Å². The Morgan fingerprint density at radius 1 is 1.26 bits per heavy atom. The van der Waals surface area contributed by atoms with Gasteiger partial charge in [-0.2, -0.15) is 5.10 Å². The van der Waals surface area contributed by atoms with Gasteiger partial charge in [-0.25, -0.2) is 9.97 Å². The van der Waals surface area contributed by atoms with E-state index in [1.807, 2.05) is 37.1 Å². The molecule has 1 aliphatic rings. The molecule has 3 heterocycles. The number of anilines is 1. The molecule has 1 unspecified atom stereocenters. The summed E-state index contributed by atoms with van der Waals surface area (Å²) in [6.07, 6.45) is 6.06. The maximum Gasteiger partial charge on any atom is 0.270 e. The molecule has 0 bridgehead atoms. The lowest BCUT2D eigenvalue weighted by molar-refractivity contribution is -0.384. The van der Waals surface area contributed by atoms with Crippen LogP contribution >= 0.6 is 0 Å². The fourth-order valence-electron chi connectivity index (χ4n) is 3.59. The number of hydrogen-bond acceptors (Lipinski definition) is 6. The zero-order chi connectivity index (χ0) is 19.0. The number of nitrogens with zero attached hydrogens (tertiary/aromatic N) is 6. The third kappa shape index (κ3) is 3.38. The molecule has 8 nitrogen and oxygen atoms in total. The van der Waals surface area contributed by atoms with Gasteiger partial charge in [0.2, 0.25) is 0 Å². The number of hydrogen-bond donors (Lipinski definition) is 0. The van der Waals surface area contributed by atoms with Crippen LogP contribution in [0.4, 0.5) is 11.5 Å². The molecule has 0 N–H and O–H groups in total. The number of nitro benzene ring substituents is 1. The lowest BCUT2D eigenvalue weighted by Crippen LogP contribution is -2.23. The molecular formula is C19H20N6O2. The van der Waals surface area contributed by atoms with Gasteiger partial charge in [-0.05, 0) is 19.8 Å². The van der Waals surface area contributed by atoms with Gasteiger partial charge in [-0.1, -0.05) is 12.1 Å². The molecule has 0 aliphatic carbocycles. The minimum atomic E-state index is -0.404. The van der Waals surface area contributed by atoms with E-state index in [1.54, 1.807) is 12.1 Å². The van der Waals surface area contributed by atoms with Crippen LogP contribution in [0.2, 0.25) is 0 Å². The van der Waals surface area contributed by atoms with Gasteiger partial charge in [-0.15, -0.1) is 0 Å². The van der Waals surface area contributed by atoms with Crippen LogP contribution in [0.1, 0.15) is 30.1 Å². The van der Waals surface area contributed by atoms with Gasteiger partial charge >= 0.3 is 0 Å². The largest absolute Gasteiger partial charge is 0.349 e. The predicted molar refractivity (Wildman–Crippen MR) is 101 cm³/mol. The molecule has 1 aliphatic heterocycles. The molecule has 1 fully saturated rings. The van der Waals surface area contributed by atoms with Crippen LogP contribution < -0.4 is 4.90 Å². The van der Waals surface area contributed by atoms with Crippen LogP contribution in [0, 0.1) is 17.0 Å². The SMILES string of the molecule is Cc1cc(N2CCCC2c2cnn(C)c2)nc(-c2cccc([N+](=O)[O-])c2)n1. The lowest BCUT2D eigenvalue weighted by atomic mass is 10.1. The smallest absolute Gasteiger partial charge is 0.270 e. The Morgan fingerprint density at radius 3 is 2.85 bits per heavy atom. The van der Waals surface area contributed by atoms with Crippen LogP contribution in [0.3, 0.4) is 0 Å². The summed E-state index contributed by atoms with van der Waals surface area (Å²) in [5, 5.41) is 15.4. The summed E-state index contributed by atoms with van der Waals surface area (Å²) in [4.78, 5) is 22.2. The molecule has 8 heteroatoms. The molecule has 0 saturated carbocycles. The second kappa shape index (κ2) is 6.79. The monoisotopic (exact) mass is 364 g/mol. The van der Waals surface area contributed by atoms with E-state index in [4.69, 9.17) is 4.98 Å². The van der Waals surface area contributed by atoms with Crippen molar-refractivity contribution >= 4 is 11.5 Å². The van der Waals surface area contributed by atoms with Crippen LogP contribution in [0.15, 0.2) is 42.7 Å². The van der Waals surface area contributed by atoms with Gasteiger partial charge in [0.1, 0.15) is 5.82 Å². The molecule has 1 atom stereocenters. The standard InChI is InChI=1S/C19H20N6O2/c1-13-9-18(24-8-4-7-17(24)15-11-20-23(2)12-15)22-19(21-13)14-5-3-6-16(10-14)25(26)27/h3,5-6,9-12,17H,4,7-8H2,1-2H3. The highest BCUT2D eigenvalue weighted by Gasteiger charge is 2.28. The second-order valence-corrected chi connectivity index (χ2v) is 6.80. The van der Waals surface area contributed by atoms with Crippen molar-refractivity contribution in [2.24, 2.45) is 7.05 Å². The minimum Gasteiger partial charge on any atom is -0.349 e. The van der Waals surface area contributed by atoms with Gasteiger partial charge in [0.15, 0.2) is 5.82 Å². The summed E-state index contributed by atoms with van der Waals surface area (Å²) in [5.41, 5.74) is 2.68. The Balaban J connectivity index is 1.72. The highest BCUT2D eigenvalue weighted by atomic mass is 16.6. The fourth-order valence-corrected chi connectivity index (χ4v) is 3.59. The first kappa shape index (κ1) is 17.1. The van der Waals surface area contributed by atoms with E-state index < -0.39 is 4.92 Å². The van der Waals surface area contributed by atoms with Crippen LogP contribution in [-0.4, -0.2) is 31.2 Å². The molecular weight excluding hydrogens is 344 g/mol. The van der Waals surface area contributed by atoms with Crippen molar-refractivity contribution in [3.8, 4) is 11.4 Å². The Labute approximate surface area is 156 Å². The number of nitro groups is 1. The summed E-state index contributed by atoms with van der Waals surface area (Å²) >= 11 is 0. The Bertz CT molecular complexity index is 999. The van der Waals surface area contributed by atoms with E-state index in [0.717, 1.165) is 30.9 Å². The first-order chi connectivity index (χ1) is 13.0. The van der Waals surface area contributed by atoms with Crippen LogP contribution in [-0.2, 0) is 7.05 Å². The number of benzene rings is 1. The Hall–Kier alpha value is -3.29. The quantitative estimate of drug-likeness (QED) is 0.520. The molecule has 0 amide bonds. The van der Waals surface area contributed by atoms with E-state index in [-0.39, 0.29) is 11.7 Å². The zero-order valence-corrected chi connectivity index (χ0v) is 15.2. The zero-order valence-electron chi connectivity index (χ0n) is 15.2. The molecule has 1 saturated heterocycles. The summed E-state index contributed by atoms with van der Waals surface area (Å²) in [7, 11) is 1.91. The van der Waals surface area contributed by atoms with Crippen molar-refractivity contribution in [3.05, 3.63) is 64.1 Å². The average Bonchev–Trinajstić information content (AvgIpc) is 3.30. The second-order valence-electron chi connectivity index (χ2n) is 6.80. The summed E-state index contributed by atoms with van der Waals surface area (Å²) in [6, 6.07) is 8.64. The summed E-state index contributed by atoms with van der Waals surface area (Å²) in [5.74, 6) is 1.35. The number of non-ortho nitro benzene ring substituents is 1.